The van der Waals surface area contributed by atoms with E-state index >= 15 is 0 Å². The predicted octanol–water partition coefficient (Wildman–Crippen LogP) is 3.20. The van der Waals surface area contributed by atoms with Crippen molar-refractivity contribution in [3.8, 4) is 11.1 Å². The molecule has 2 aromatic carbocycles. The molecule has 104 valence electrons. The lowest BCUT2D eigenvalue weighted by Crippen LogP contribution is -2.23. The molecule has 1 aliphatic rings. The molecule has 3 rings (SSSR count). The Morgan fingerprint density at radius 2 is 2.00 bits per heavy atom. The topological polar surface area (TPSA) is 35.2 Å². The second-order valence-electron chi connectivity index (χ2n) is 4.84. The predicted molar refractivity (Wildman–Crippen MR) is 73.2 cm³/mol. The van der Waals surface area contributed by atoms with Crippen LogP contribution in [0.15, 0.2) is 36.4 Å². The van der Waals surface area contributed by atoms with E-state index in [1.807, 2.05) is 18.2 Å². The first kappa shape index (κ1) is 13.2. The fourth-order valence-corrected chi connectivity index (χ4v) is 2.73. The van der Waals surface area contributed by atoms with Crippen molar-refractivity contribution in [2.75, 3.05) is 13.2 Å². The van der Waals surface area contributed by atoms with Gasteiger partial charge in [-0.2, -0.15) is 0 Å². The van der Waals surface area contributed by atoms with Crippen molar-refractivity contribution in [2.45, 2.75) is 12.5 Å². The molecule has 0 aromatic heterocycles. The molecule has 0 spiro atoms. The number of hydrogen-bond donors (Lipinski definition) is 1. The number of hydrogen-bond acceptors (Lipinski definition) is 2. The van der Waals surface area contributed by atoms with Gasteiger partial charge in [0.1, 0.15) is 11.6 Å². The molecule has 0 saturated carbocycles. The number of rotatable bonds is 2. The minimum absolute atomic E-state index is 0.151. The fourth-order valence-electron chi connectivity index (χ4n) is 2.73. The second kappa shape index (κ2) is 5.31. The SMILES string of the molecule is NC[C@@H]1OCCc2c(-c3ccc(F)cc3F)cccc21. The number of ether oxygens (including phenoxy) is 1. The molecule has 4 heteroatoms. The van der Waals surface area contributed by atoms with Crippen LogP contribution < -0.4 is 5.73 Å². The molecule has 0 fully saturated rings. The number of nitrogens with two attached hydrogens (primary N) is 1. The molecular formula is C16H15F2NO. The molecule has 0 aliphatic carbocycles. The Morgan fingerprint density at radius 3 is 2.75 bits per heavy atom. The van der Waals surface area contributed by atoms with Gasteiger partial charge in [0.05, 0.1) is 12.7 Å². The monoisotopic (exact) mass is 275 g/mol. The molecule has 1 aliphatic heterocycles. The summed E-state index contributed by atoms with van der Waals surface area (Å²) in [5, 5.41) is 0. The Bertz CT molecular complexity index is 642. The molecule has 0 radical (unpaired) electrons. The van der Waals surface area contributed by atoms with E-state index < -0.39 is 11.6 Å². The van der Waals surface area contributed by atoms with E-state index in [0.29, 0.717) is 25.1 Å². The van der Waals surface area contributed by atoms with Gasteiger partial charge in [0.15, 0.2) is 0 Å². The average Bonchev–Trinajstić information content (AvgIpc) is 2.46. The van der Waals surface area contributed by atoms with Crippen molar-refractivity contribution in [1.82, 2.24) is 0 Å². The summed E-state index contributed by atoms with van der Waals surface area (Å²) in [7, 11) is 0. The van der Waals surface area contributed by atoms with Crippen molar-refractivity contribution in [2.24, 2.45) is 5.73 Å². The zero-order chi connectivity index (χ0) is 14.1. The zero-order valence-electron chi connectivity index (χ0n) is 10.9. The minimum atomic E-state index is -0.570. The zero-order valence-corrected chi connectivity index (χ0v) is 10.9. The van der Waals surface area contributed by atoms with E-state index in [1.165, 1.54) is 12.1 Å². The van der Waals surface area contributed by atoms with E-state index in [0.717, 1.165) is 22.8 Å². The Balaban J connectivity index is 2.15. The maximum Gasteiger partial charge on any atom is 0.133 e. The van der Waals surface area contributed by atoms with Crippen LogP contribution in [-0.2, 0) is 11.2 Å². The summed E-state index contributed by atoms with van der Waals surface area (Å²) < 4.78 is 32.6. The molecule has 0 amide bonds. The summed E-state index contributed by atoms with van der Waals surface area (Å²) in [5.41, 5.74) is 8.96. The number of fused-ring (bicyclic) bond motifs is 1. The van der Waals surface area contributed by atoms with Crippen LogP contribution >= 0.6 is 0 Å². The van der Waals surface area contributed by atoms with Crippen molar-refractivity contribution >= 4 is 0 Å². The van der Waals surface area contributed by atoms with Crippen LogP contribution in [0.2, 0.25) is 0 Å². The molecule has 0 unspecified atom stereocenters. The highest BCUT2D eigenvalue weighted by atomic mass is 19.1. The van der Waals surface area contributed by atoms with Gasteiger partial charge < -0.3 is 10.5 Å². The number of halogens is 2. The van der Waals surface area contributed by atoms with Gasteiger partial charge in [-0.1, -0.05) is 18.2 Å². The van der Waals surface area contributed by atoms with Crippen LogP contribution in [0.25, 0.3) is 11.1 Å². The lowest BCUT2D eigenvalue weighted by molar-refractivity contribution is 0.0486. The van der Waals surface area contributed by atoms with E-state index in [1.54, 1.807) is 0 Å². The van der Waals surface area contributed by atoms with Crippen LogP contribution in [0.3, 0.4) is 0 Å². The summed E-state index contributed by atoms with van der Waals surface area (Å²) in [6.07, 6.45) is 0.556. The van der Waals surface area contributed by atoms with Crippen LogP contribution in [0.4, 0.5) is 8.78 Å². The molecule has 1 heterocycles. The smallest absolute Gasteiger partial charge is 0.133 e. The van der Waals surface area contributed by atoms with Crippen LogP contribution in [-0.4, -0.2) is 13.2 Å². The van der Waals surface area contributed by atoms with Crippen LogP contribution in [0.5, 0.6) is 0 Å². The third-order valence-electron chi connectivity index (χ3n) is 3.67. The normalized spacial score (nSPS) is 17.9. The minimum Gasteiger partial charge on any atom is -0.372 e. The highest BCUT2D eigenvalue weighted by Crippen LogP contribution is 2.35. The third-order valence-corrected chi connectivity index (χ3v) is 3.67. The van der Waals surface area contributed by atoms with E-state index in [9.17, 15) is 8.78 Å². The lowest BCUT2D eigenvalue weighted by atomic mass is 9.89. The van der Waals surface area contributed by atoms with Crippen molar-refractivity contribution < 1.29 is 13.5 Å². The summed E-state index contributed by atoms with van der Waals surface area (Å²) in [6.45, 7) is 0.955. The summed E-state index contributed by atoms with van der Waals surface area (Å²) in [4.78, 5) is 0. The van der Waals surface area contributed by atoms with Gasteiger partial charge in [-0.15, -0.1) is 0 Å². The molecule has 1 atom stereocenters. The average molecular weight is 275 g/mol. The van der Waals surface area contributed by atoms with E-state index in [4.69, 9.17) is 10.5 Å². The maximum atomic E-state index is 14.0. The third kappa shape index (κ3) is 2.21. The Labute approximate surface area is 116 Å². The van der Waals surface area contributed by atoms with Crippen LogP contribution in [0, 0.1) is 11.6 Å². The van der Waals surface area contributed by atoms with E-state index in [-0.39, 0.29) is 6.10 Å². The van der Waals surface area contributed by atoms with E-state index in [2.05, 4.69) is 0 Å². The fraction of sp³-hybridized carbons (Fsp3) is 0.250. The molecule has 20 heavy (non-hydrogen) atoms. The molecule has 0 bridgehead atoms. The summed E-state index contributed by atoms with van der Waals surface area (Å²) in [6, 6.07) is 9.33. The quantitative estimate of drug-likeness (QED) is 0.913. The summed E-state index contributed by atoms with van der Waals surface area (Å²) in [5.74, 6) is -1.12. The Morgan fingerprint density at radius 1 is 1.15 bits per heavy atom. The molecule has 0 saturated heterocycles. The van der Waals surface area contributed by atoms with Gasteiger partial charge in [-0.25, -0.2) is 8.78 Å². The molecule has 2 N–H and O–H groups in total. The van der Waals surface area contributed by atoms with Gasteiger partial charge in [0, 0.05) is 18.2 Å². The van der Waals surface area contributed by atoms with Crippen molar-refractivity contribution in [3.63, 3.8) is 0 Å². The first-order chi connectivity index (χ1) is 9.70. The maximum absolute atomic E-state index is 14.0. The number of benzene rings is 2. The lowest BCUT2D eigenvalue weighted by Gasteiger charge is -2.27. The van der Waals surface area contributed by atoms with Gasteiger partial charge in [0.2, 0.25) is 0 Å². The first-order valence-corrected chi connectivity index (χ1v) is 6.59. The molecular weight excluding hydrogens is 260 g/mol. The molecule has 2 nitrogen and oxygen atoms in total. The Hall–Kier alpha value is -1.78. The highest BCUT2D eigenvalue weighted by Gasteiger charge is 2.23. The van der Waals surface area contributed by atoms with Crippen molar-refractivity contribution in [3.05, 3.63) is 59.2 Å². The van der Waals surface area contributed by atoms with Gasteiger partial charge >= 0.3 is 0 Å². The van der Waals surface area contributed by atoms with Gasteiger partial charge in [-0.05, 0) is 35.2 Å². The second-order valence-corrected chi connectivity index (χ2v) is 4.84. The van der Waals surface area contributed by atoms with Crippen LogP contribution in [0.1, 0.15) is 17.2 Å². The van der Waals surface area contributed by atoms with Gasteiger partial charge in [-0.3, -0.25) is 0 Å². The first-order valence-electron chi connectivity index (χ1n) is 6.59. The highest BCUT2D eigenvalue weighted by molar-refractivity contribution is 5.70. The summed E-state index contributed by atoms with van der Waals surface area (Å²) >= 11 is 0. The standard InChI is InChI=1S/C16H15F2NO/c17-10-4-5-13(15(18)8-10)11-2-1-3-14-12(11)6-7-20-16(14)9-19/h1-5,8,16H,6-7,9,19H2/t16-/m0/s1. The largest absolute Gasteiger partial charge is 0.372 e. The molecule has 2 aromatic rings. The Kier molecular flexibility index (Phi) is 3.51. The van der Waals surface area contributed by atoms with Gasteiger partial charge in [0.25, 0.3) is 0 Å². The van der Waals surface area contributed by atoms with Crippen molar-refractivity contribution in [1.29, 1.82) is 0 Å².